The number of Topliss-reactive ketones (excluding diaryl/α,β-unsaturated/α-hetero) is 3. The summed E-state index contributed by atoms with van der Waals surface area (Å²) in [5, 5.41) is 4.18. The topological polar surface area (TPSA) is 299 Å². The van der Waals surface area contributed by atoms with Crippen molar-refractivity contribution in [1.29, 1.82) is 0 Å². The summed E-state index contributed by atoms with van der Waals surface area (Å²) in [6.45, 7) is 13.0. The maximum absolute atomic E-state index is 14.4. The molecule has 15 atom stereocenters. The molecule has 0 N–H and O–H groups in total. The van der Waals surface area contributed by atoms with Crippen molar-refractivity contribution in [2.75, 3.05) is 130 Å². The Bertz CT molecular complexity index is 6680. The van der Waals surface area contributed by atoms with Gasteiger partial charge in [-0.15, -0.1) is 0 Å². The number of aryl methyl sites for hydroxylation is 8. The number of methoxy groups -OCH3 is 3. The van der Waals surface area contributed by atoms with E-state index in [0.29, 0.717) is 135 Å². The highest BCUT2D eigenvalue weighted by atomic mass is 32.2. The number of rotatable bonds is 16. The number of carbonyl (C=O) groups is 6. The fraction of sp³-hybridized carbons (Fsp3) is 0.530. The van der Waals surface area contributed by atoms with Crippen LogP contribution in [0.1, 0.15) is 234 Å². The predicted molar refractivity (Wildman–Crippen MR) is 570 cm³/mol. The largest absolute Gasteiger partial charge is 0.490 e. The highest BCUT2D eigenvalue weighted by molar-refractivity contribution is 7.95. The number of benzene rings is 6. The summed E-state index contributed by atoms with van der Waals surface area (Å²) in [5.74, 6) is 2.87. The molecular weight excluding hydrogens is 1880 g/mol. The van der Waals surface area contributed by atoms with E-state index >= 15 is 0 Å². The van der Waals surface area contributed by atoms with Gasteiger partial charge in [0.2, 0.25) is 0 Å². The number of hydrogen-bond donors (Lipinski definition) is 0. The minimum absolute atomic E-state index is 0.00719. The molecule has 13 aliphatic rings. The molecule has 6 aromatic carbocycles. The number of ether oxygens (including phenoxy) is 6. The van der Waals surface area contributed by atoms with Crippen LogP contribution in [0, 0.1) is 62.2 Å². The van der Waals surface area contributed by atoms with Gasteiger partial charge in [0.05, 0.1) is 114 Å². The molecule has 8 heterocycles. The Morgan fingerprint density at radius 1 is 0.441 bits per heavy atom. The maximum Gasteiger partial charge on any atom is 0.285 e. The molecule has 4 saturated carbocycles. The lowest BCUT2D eigenvalue weighted by molar-refractivity contribution is -0.117. The van der Waals surface area contributed by atoms with Crippen LogP contribution in [0.15, 0.2) is 190 Å². The number of amides is 3. The van der Waals surface area contributed by atoms with Crippen LogP contribution in [0.4, 0.5) is 17.1 Å². The first kappa shape index (κ1) is 103. The summed E-state index contributed by atoms with van der Waals surface area (Å²) >= 11 is 0. The van der Waals surface area contributed by atoms with E-state index in [-0.39, 0.29) is 99.3 Å². The molecule has 145 heavy (non-hydrogen) atoms. The summed E-state index contributed by atoms with van der Waals surface area (Å²) < 4.78 is 95.8. The molecule has 8 aromatic rings. The van der Waals surface area contributed by atoms with Crippen molar-refractivity contribution in [2.24, 2.45) is 61.6 Å². The van der Waals surface area contributed by atoms with Crippen molar-refractivity contribution in [3.63, 3.8) is 0 Å². The zero-order chi connectivity index (χ0) is 101. The van der Waals surface area contributed by atoms with Crippen LogP contribution in [0.5, 0.6) is 17.2 Å². The van der Waals surface area contributed by atoms with E-state index in [1.165, 1.54) is 62.5 Å². The number of nitrogens with zero attached hydrogens (tertiary/aromatic N) is 10. The second kappa shape index (κ2) is 44.8. The molecular formula is C117H144N10O15S3. The SMILES string of the molecule is CO[C@H]1/C=C/CCC[S@@](=O)(CC(=O)CC2CC2)=NC(=O)c2ccc3c(c2)N(C[C@@H]2CC[C@H]21)C[C@@]1(CCCc2cc(C)ccc21)CO3.CO[C@H]1/C=C/CCC[S@@](=O)(CC(=O)CCc2ccnn2C)=NC(=O)c2ccc3c(c2)N(C[C@@H]2CC[C@H]21)C[C@@]1(CCCc2cc(C)ccc21)CO3.CO[C@H]1/C=C/CCC[S@@](=O)(CC(=O)Cc2cnccn2)=NC(=O)c2ccc3c(c2)N(C[C@@H]2CC[C@H]21)C[C@@]1(CCCc2cc(C)ccc21)CO3. The first-order valence-electron chi connectivity index (χ1n) is 53.1. The number of fused-ring (bicyclic) bond motifs is 12. The van der Waals surface area contributed by atoms with Gasteiger partial charge in [-0.3, -0.25) is 43.4 Å². The van der Waals surface area contributed by atoms with Crippen molar-refractivity contribution in [3.05, 3.63) is 255 Å². The van der Waals surface area contributed by atoms with E-state index in [1.54, 1.807) is 56.6 Å². The normalized spacial score (nSPS) is 29.8. The minimum Gasteiger partial charge on any atom is -0.490 e. The highest BCUT2D eigenvalue weighted by Gasteiger charge is 2.50. The fourth-order valence-corrected chi connectivity index (χ4v) is 31.0. The number of aromatic nitrogens is 4. The van der Waals surface area contributed by atoms with Crippen LogP contribution in [0.2, 0.25) is 0 Å². The van der Waals surface area contributed by atoms with Gasteiger partial charge in [0.15, 0.2) is 5.78 Å². The summed E-state index contributed by atoms with van der Waals surface area (Å²) in [4.78, 5) is 96.4. The van der Waals surface area contributed by atoms with Gasteiger partial charge in [0.25, 0.3) is 17.7 Å². The lowest BCUT2D eigenvalue weighted by Gasteiger charge is -2.46. The van der Waals surface area contributed by atoms with Crippen LogP contribution >= 0.6 is 0 Å². The Morgan fingerprint density at radius 3 is 1.17 bits per heavy atom. The van der Waals surface area contributed by atoms with Gasteiger partial charge >= 0.3 is 0 Å². The molecule has 2 aromatic heterocycles. The molecule has 770 valence electrons. The number of anilines is 3. The molecule has 25 nitrogen and oxygen atoms in total. The molecule has 0 unspecified atom stereocenters. The van der Waals surface area contributed by atoms with Crippen molar-refractivity contribution in [1.82, 2.24) is 19.7 Å². The van der Waals surface area contributed by atoms with Crippen LogP contribution in [0.25, 0.3) is 0 Å². The van der Waals surface area contributed by atoms with E-state index in [2.05, 4.69) is 155 Å². The monoisotopic (exact) mass is 2020 g/mol. The average Bonchev–Trinajstić information content (AvgIpc) is 1.67. The second-order valence-corrected chi connectivity index (χ2v) is 51.2. The van der Waals surface area contributed by atoms with Crippen molar-refractivity contribution in [3.8, 4) is 17.2 Å². The number of ketones is 3. The molecule has 7 aliphatic carbocycles. The molecule has 0 radical (unpaired) electrons. The third kappa shape index (κ3) is 23.7. The van der Waals surface area contributed by atoms with Gasteiger partial charge in [-0.1, -0.05) is 108 Å². The van der Waals surface area contributed by atoms with Crippen molar-refractivity contribution < 1.29 is 69.8 Å². The van der Waals surface area contributed by atoms with Gasteiger partial charge in [-0.05, 0) is 310 Å². The van der Waals surface area contributed by atoms with Crippen LogP contribution in [0.3, 0.4) is 0 Å². The van der Waals surface area contributed by atoms with Gasteiger partial charge in [-0.25, -0.2) is 12.6 Å². The van der Waals surface area contributed by atoms with Gasteiger partial charge in [-0.2, -0.15) is 18.2 Å². The number of hydrogen-bond acceptors (Lipinski definition) is 21. The first-order valence-corrected chi connectivity index (χ1v) is 58.7. The smallest absolute Gasteiger partial charge is 0.285 e. The van der Waals surface area contributed by atoms with Crippen molar-refractivity contribution >= 4 is 81.3 Å². The molecule has 3 spiro atoms. The molecule has 0 saturated heterocycles. The fourth-order valence-electron chi connectivity index (χ4n) is 25.2. The van der Waals surface area contributed by atoms with E-state index in [4.69, 9.17) is 28.4 Å². The van der Waals surface area contributed by atoms with E-state index in [9.17, 15) is 41.4 Å². The van der Waals surface area contributed by atoms with Crippen LogP contribution < -0.4 is 28.9 Å². The molecule has 6 bridgehead atoms. The second-order valence-electron chi connectivity index (χ2n) is 43.9. The Morgan fingerprint density at radius 2 is 0.828 bits per heavy atom. The summed E-state index contributed by atoms with van der Waals surface area (Å²) in [6.07, 6.45) is 42.4. The first-order chi connectivity index (χ1) is 70.1. The third-order valence-corrected chi connectivity index (χ3v) is 40.1. The summed E-state index contributed by atoms with van der Waals surface area (Å²) in [5.41, 5.74) is 16.8. The van der Waals surface area contributed by atoms with E-state index in [1.807, 2.05) is 49.5 Å². The lowest BCUT2D eigenvalue weighted by Crippen LogP contribution is -2.49. The zero-order valence-electron chi connectivity index (χ0n) is 85.5. The van der Waals surface area contributed by atoms with Crippen molar-refractivity contribution in [2.45, 2.75) is 229 Å². The Labute approximate surface area is 857 Å². The van der Waals surface area contributed by atoms with Gasteiger partial charge in [0.1, 0.15) is 28.8 Å². The van der Waals surface area contributed by atoms with Crippen LogP contribution in [-0.2, 0) is 113 Å². The van der Waals surface area contributed by atoms with E-state index in [0.717, 1.165) is 188 Å². The predicted octanol–water partition coefficient (Wildman–Crippen LogP) is 19.3. The Balaban J connectivity index is 0.000000138. The molecule has 4 fully saturated rings. The van der Waals surface area contributed by atoms with E-state index < -0.39 is 46.9 Å². The molecule has 21 rings (SSSR count). The average molecular weight is 2030 g/mol. The number of allylic oxidation sites excluding steroid dienone is 3. The summed E-state index contributed by atoms with van der Waals surface area (Å²) in [6, 6.07) is 39.0. The Kier molecular flexibility index (Phi) is 31.8. The standard InChI is InChI=1S/C40H50N4O5S.C39H46N4O5S.C38H48N2O5S/c1-28-10-16-35-29(22-28)8-7-19-40(35)26-44-24-31-11-15-34(31)37(48-3)9-5-4-6-21-50(47,25-33(45)14-13-32-18-20-41-43(32)2)42-39(46)30-12-17-38(49-27-40)36(44)23-30;1-27-9-13-34-28(19-27)7-6-15-39(34)25-43-23-30-10-12-33(30)36(47-2)8-4-3-5-18-49(46,24-32(44)21-31-22-40-16-17-41-31)42-38(45)29-11-14-37(48-26-39)35(43)20-29;1-26-9-15-33-28(19-26)7-6-17-38(33)24-40-22-30-12-14-32(30)35(44-2)8-4-3-5-18-46(43,23-31(41)20-27-10-11-27)39-37(42)29-13-16-36(45-25-38)34(40)21-29/h5,9-10,12,16-18,20,22-23,31,34,37H,4,6-8,11,13-15,19,21,24-27H2,1-3H3;4,8-9,11,13-14,16-17,19-20,22,30,33,36H,3,5-7,10,12,15,18,21,23-26H2,1-2H3;4,8-9,13,15-16,19,21,27,30,32,35H,3,5-7,10-12,14,17-18,20,22-25H2,1-2H3/b9-5+;2*8-4+/t31-,34+,37-,40-,50+;30-,33+,36-,39-,49+;30-,32+,35-,38-,46+/m000/s1. The molecule has 28 heteroatoms. The number of carbonyl (C=O) groups excluding carboxylic acids is 6. The summed E-state index contributed by atoms with van der Waals surface area (Å²) in [7, 11) is -2.20. The molecule has 6 aliphatic heterocycles. The van der Waals surface area contributed by atoms with Crippen LogP contribution in [-0.4, -0.2) is 201 Å². The van der Waals surface area contributed by atoms with Gasteiger partial charge < -0.3 is 43.1 Å². The Hall–Kier alpha value is -10.6. The quantitative estimate of drug-likeness (QED) is 0.0812. The highest BCUT2D eigenvalue weighted by Crippen LogP contribution is 2.53. The van der Waals surface area contributed by atoms with Gasteiger partial charge in [0, 0.05) is 161 Å². The maximum atomic E-state index is 14.4. The third-order valence-electron chi connectivity index (χ3n) is 33.5. The lowest BCUT2D eigenvalue weighted by atomic mass is 9.68. The minimum atomic E-state index is -3.20. The molecule has 3 amide bonds. The zero-order valence-corrected chi connectivity index (χ0v) is 88.0.